The van der Waals surface area contributed by atoms with Crippen molar-refractivity contribution < 1.29 is 9.21 Å². The van der Waals surface area contributed by atoms with E-state index in [9.17, 15) is 4.79 Å². The van der Waals surface area contributed by atoms with Crippen LogP contribution in [0.15, 0.2) is 71.5 Å². The van der Waals surface area contributed by atoms with Gasteiger partial charge in [0.2, 0.25) is 0 Å². The molecule has 1 aliphatic rings. The van der Waals surface area contributed by atoms with E-state index < -0.39 is 0 Å². The summed E-state index contributed by atoms with van der Waals surface area (Å²) in [4.78, 5) is 21.3. The van der Waals surface area contributed by atoms with Crippen LogP contribution in [0.2, 0.25) is 0 Å². The van der Waals surface area contributed by atoms with Crippen molar-refractivity contribution in [2.45, 2.75) is 13.1 Å². The van der Waals surface area contributed by atoms with Crippen molar-refractivity contribution >= 4 is 11.6 Å². The number of carbonyl (C=O) groups excluding carboxylic acids is 1. The van der Waals surface area contributed by atoms with Crippen molar-refractivity contribution in [3.63, 3.8) is 0 Å². The quantitative estimate of drug-likeness (QED) is 0.716. The van der Waals surface area contributed by atoms with Gasteiger partial charge in [0.25, 0.3) is 5.91 Å². The molecule has 6 heteroatoms. The zero-order chi connectivity index (χ0) is 19.2. The monoisotopic (exact) mass is 376 g/mol. The Morgan fingerprint density at radius 2 is 1.82 bits per heavy atom. The molecule has 1 fully saturated rings. The molecule has 1 amide bonds. The van der Waals surface area contributed by atoms with Crippen molar-refractivity contribution in [3.8, 4) is 0 Å². The van der Waals surface area contributed by atoms with E-state index in [1.54, 1.807) is 18.5 Å². The SMILES string of the molecule is O=C(c1ccc(NCc2ccco2)cn1)N1CCN(Cc2ccccc2)CC1. The van der Waals surface area contributed by atoms with Gasteiger partial charge in [-0.15, -0.1) is 0 Å². The summed E-state index contributed by atoms with van der Waals surface area (Å²) in [5.41, 5.74) is 2.65. The molecule has 6 nitrogen and oxygen atoms in total. The Bertz CT molecular complexity index is 871. The molecule has 1 aliphatic heterocycles. The first-order valence-electron chi connectivity index (χ1n) is 9.56. The molecule has 28 heavy (non-hydrogen) atoms. The summed E-state index contributed by atoms with van der Waals surface area (Å²) in [6.45, 7) is 4.73. The Morgan fingerprint density at radius 1 is 1.00 bits per heavy atom. The van der Waals surface area contributed by atoms with E-state index in [1.165, 1.54) is 5.56 Å². The highest BCUT2D eigenvalue weighted by Crippen LogP contribution is 2.13. The number of anilines is 1. The van der Waals surface area contributed by atoms with Gasteiger partial charge >= 0.3 is 0 Å². The fraction of sp³-hybridized carbons (Fsp3) is 0.273. The van der Waals surface area contributed by atoms with Crippen LogP contribution in [0, 0.1) is 0 Å². The van der Waals surface area contributed by atoms with Crippen LogP contribution < -0.4 is 5.32 Å². The molecule has 0 unspecified atom stereocenters. The fourth-order valence-corrected chi connectivity index (χ4v) is 3.34. The third-order valence-corrected chi connectivity index (χ3v) is 4.94. The van der Waals surface area contributed by atoms with Crippen molar-refractivity contribution in [1.29, 1.82) is 0 Å². The van der Waals surface area contributed by atoms with Gasteiger partial charge in [-0.3, -0.25) is 9.69 Å². The Hall–Kier alpha value is -3.12. The van der Waals surface area contributed by atoms with Gasteiger partial charge in [0, 0.05) is 32.7 Å². The van der Waals surface area contributed by atoms with E-state index in [1.807, 2.05) is 29.2 Å². The minimum Gasteiger partial charge on any atom is -0.467 e. The Morgan fingerprint density at radius 3 is 2.50 bits per heavy atom. The van der Waals surface area contributed by atoms with Gasteiger partial charge < -0.3 is 14.6 Å². The summed E-state index contributed by atoms with van der Waals surface area (Å²) in [6.07, 6.45) is 3.35. The highest BCUT2D eigenvalue weighted by atomic mass is 16.3. The normalized spacial score (nSPS) is 14.8. The predicted octanol–water partition coefficient (Wildman–Crippen LogP) is 3.24. The number of pyridine rings is 1. The molecule has 2 aromatic heterocycles. The number of piperazine rings is 1. The lowest BCUT2D eigenvalue weighted by molar-refractivity contribution is 0.0623. The fourth-order valence-electron chi connectivity index (χ4n) is 3.34. The second-order valence-electron chi connectivity index (χ2n) is 6.92. The average molecular weight is 376 g/mol. The van der Waals surface area contributed by atoms with Gasteiger partial charge in [0.1, 0.15) is 11.5 Å². The van der Waals surface area contributed by atoms with Crippen molar-refractivity contribution in [2.24, 2.45) is 0 Å². The zero-order valence-corrected chi connectivity index (χ0v) is 15.8. The first-order chi connectivity index (χ1) is 13.8. The van der Waals surface area contributed by atoms with Gasteiger partial charge in [0.05, 0.1) is 24.7 Å². The summed E-state index contributed by atoms with van der Waals surface area (Å²) in [5.74, 6) is 0.852. The number of carbonyl (C=O) groups is 1. The highest BCUT2D eigenvalue weighted by molar-refractivity contribution is 5.92. The summed E-state index contributed by atoms with van der Waals surface area (Å²) in [7, 11) is 0. The van der Waals surface area contributed by atoms with Crippen LogP contribution in [0.1, 0.15) is 21.8 Å². The molecular formula is C22H24N4O2. The van der Waals surface area contributed by atoms with Crippen LogP contribution in [0.5, 0.6) is 0 Å². The molecule has 0 radical (unpaired) electrons. The summed E-state index contributed by atoms with van der Waals surface area (Å²) in [5, 5.41) is 3.23. The minimum atomic E-state index is -0.00283. The van der Waals surface area contributed by atoms with Gasteiger partial charge in [-0.25, -0.2) is 4.98 Å². The average Bonchev–Trinajstić information content (AvgIpc) is 3.27. The van der Waals surface area contributed by atoms with Gasteiger partial charge in [-0.2, -0.15) is 0 Å². The van der Waals surface area contributed by atoms with E-state index in [-0.39, 0.29) is 5.91 Å². The van der Waals surface area contributed by atoms with Crippen LogP contribution >= 0.6 is 0 Å². The molecule has 1 saturated heterocycles. The topological polar surface area (TPSA) is 61.6 Å². The van der Waals surface area contributed by atoms with Gasteiger partial charge in [0.15, 0.2) is 0 Å². The molecule has 0 atom stereocenters. The second-order valence-corrected chi connectivity index (χ2v) is 6.92. The molecule has 0 aliphatic carbocycles. The molecule has 0 saturated carbocycles. The highest BCUT2D eigenvalue weighted by Gasteiger charge is 2.22. The number of nitrogens with zero attached hydrogens (tertiary/aromatic N) is 3. The zero-order valence-electron chi connectivity index (χ0n) is 15.8. The number of rotatable bonds is 6. The number of aromatic nitrogens is 1. The largest absolute Gasteiger partial charge is 0.467 e. The van der Waals surface area contributed by atoms with Gasteiger partial charge in [-0.05, 0) is 29.8 Å². The third-order valence-electron chi connectivity index (χ3n) is 4.94. The van der Waals surface area contributed by atoms with Crippen molar-refractivity contribution in [3.05, 3.63) is 84.1 Å². The first-order valence-corrected chi connectivity index (χ1v) is 9.56. The second kappa shape index (κ2) is 8.71. The molecule has 144 valence electrons. The van der Waals surface area contributed by atoms with Crippen LogP contribution in [0.4, 0.5) is 5.69 Å². The summed E-state index contributed by atoms with van der Waals surface area (Å²) >= 11 is 0. The molecule has 1 N–H and O–H groups in total. The van der Waals surface area contributed by atoms with Crippen LogP contribution in [-0.4, -0.2) is 46.9 Å². The maximum absolute atomic E-state index is 12.7. The number of benzene rings is 1. The predicted molar refractivity (Wildman–Crippen MR) is 108 cm³/mol. The Labute approximate surface area is 164 Å². The van der Waals surface area contributed by atoms with Crippen molar-refractivity contribution in [2.75, 3.05) is 31.5 Å². The Balaban J connectivity index is 1.27. The van der Waals surface area contributed by atoms with E-state index in [2.05, 4.69) is 39.5 Å². The van der Waals surface area contributed by atoms with Crippen molar-refractivity contribution in [1.82, 2.24) is 14.8 Å². The van der Waals surface area contributed by atoms with E-state index >= 15 is 0 Å². The van der Waals surface area contributed by atoms with Crippen LogP contribution in [0.25, 0.3) is 0 Å². The molecular weight excluding hydrogens is 352 g/mol. The molecule has 0 bridgehead atoms. The Kier molecular flexibility index (Phi) is 5.68. The van der Waals surface area contributed by atoms with E-state index in [0.29, 0.717) is 12.2 Å². The van der Waals surface area contributed by atoms with E-state index in [0.717, 1.165) is 44.2 Å². The summed E-state index contributed by atoms with van der Waals surface area (Å²) in [6, 6.07) is 17.9. The number of hydrogen-bond donors (Lipinski definition) is 1. The molecule has 4 rings (SSSR count). The summed E-state index contributed by atoms with van der Waals surface area (Å²) < 4.78 is 5.29. The molecule has 1 aromatic carbocycles. The smallest absolute Gasteiger partial charge is 0.272 e. The third kappa shape index (κ3) is 4.58. The standard InChI is InChI=1S/C22H24N4O2/c27-22(21-9-8-19(15-24-21)23-16-20-7-4-14-28-20)26-12-10-25(11-13-26)17-18-5-2-1-3-6-18/h1-9,14-15,23H,10-13,16-17H2. The van der Waals surface area contributed by atoms with Crippen LogP contribution in [-0.2, 0) is 13.1 Å². The molecule has 3 aromatic rings. The lowest BCUT2D eigenvalue weighted by Crippen LogP contribution is -2.48. The molecule has 0 spiro atoms. The van der Waals surface area contributed by atoms with Crippen LogP contribution in [0.3, 0.4) is 0 Å². The molecule has 3 heterocycles. The van der Waals surface area contributed by atoms with Gasteiger partial charge in [-0.1, -0.05) is 30.3 Å². The number of hydrogen-bond acceptors (Lipinski definition) is 5. The van der Waals surface area contributed by atoms with E-state index in [4.69, 9.17) is 4.42 Å². The lowest BCUT2D eigenvalue weighted by atomic mass is 10.2. The maximum atomic E-state index is 12.7. The first kappa shape index (κ1) is 18.3. The maximum Gasteiger partial charge on any atom is 0.272 e. The minimum absolute atomic E-state index is 0.00283. The number of nitrogens with one attached hydrogen (secondary N) is 1. The number of furan rings is 1. The number of amides is 1. The lowest BCUT2D eigenvalue weighted by Gasteiger charge is -2.34.